The first-order valence-electron chi connectivity index (χ1n) is 4.47. The van der Waals surface area contributed by atoms with E-state index in [1.165, 1.54) is 0 Å². The van der Waals surface area contributed by atoms with Crippen molar-refractivity contribution >= 4 is 0 Å². The standard InChI is InChI=1S/C9H11N3O3/c1-5-2-3-14-7(5)8-11-9(15-12-8)6(10)4-13/h2-3,6,13H,4,10H2,1H3/t6-/m1/s1. The number of nitrogens with zero attached hydrogens (tertiary/aromatic N) is 2. The molecule has 6 nitrogen and oxygen atoms in total. The van der Waals surface area contributed by atoms with Crippen LogP contribution in [-0.2, 0) is 0 Å². The number of aliphatic hydroxyl groups is 1. The minimum atomic E-state index is -0.651. The molecular formula is C9H11N3O3. The van der Waals surface area contributed by atoms with Crippen molar-refractivity contribution in [3.05, 3.63) is 23.8 Å². The zero-order valence-electron chi connectivity index (χ0n) is 8.17. The zero-order chi connectivity index (χ0) is 10.8. The highest BCUT2D eigenvalue weighted by molar-refractivity contribution is 5.50. The summed E-state index contributed by atoms with van der Waals surface area (Å²) >= 11 is 0. The van der Waals surface area contributed by atoms with Gasteiger partial charge in [-0.3, -0.25) is 0 Å². The van der Waals surface area contributed by atoms with Crippen LogP contribution in [0, 0.1) is 6.92 Å². The van der Waals surface area contributed by atoms with E-state index in [1.54, 1.807) is 12.3 Å². The molecule has 1 atom stereocenters. The number of furan rings is 1. The summed E-state index contributed by atoms with van der Waals surface area (Å²) in [5.41, 5.74) is 6.44. The van der Waals surface area contributed by atoms with Gasteiger partial charge in [-0.2, -0.15) is 4.98 Å². The average Bonchev–Trinajstić information content (AvgIpc) is 2.84. The molecule has 0 aliphatic carbocycles. The number of aliphatic hydroxyl groups excluding tert-OH is 1. The monoisotopic (exact) mass is 209 g/mol. The molecular weight excluding hydrogens is 198 g/mol. The molecule has 0 amide bonds. The lowest BCUT2D eigenvalue weighted by Gasteiger charge is -1.98. The fourth-order valence-electron chi connectivity index (χ4n) is 1.16. The zero-order valence-corrected chi connectivity index (χ0v) is 8.17. The molecule has 15 heavy (non-hydrogen) atoms. The van der Waals surface area contributed by atoms with Crippen molar-refractivity contribution in [3.63, 3.8) is 0 Å². The lowest BCUT2D eigenvalue weighted by Crippen LogP contribution is -2.14. The summed E-state index contributed by atoms with van der Waals surface area (Å²) in [6, 6.07) is 1.15. The molecule has 3 N–H and O–H groups in total. The third kappa shape index (κ3) is 1.77. The first-order chi connectivity index (χ1) is 7.22. The average molecular weight is 209 g/mol. The van der Waals surface area contributed by atoms with E-state index in [-0.39, 0.29) is 12.5 Å². The van der Waals surface area contributed by atoms with Crippen LogP contribution in [0.1, 0.15) is 17.5 Å². The van der Waals surface area contributed by atoms with Crippen molar-refractivity contribution in [1.29, 1.82) is 0 Å². The Kier molecular flexibility index (Phi) is 2.53. The van der Waals surface area contributed by atoms with Gasteiger partial charge in [0.25, 0.3) is 0 Å². The highest BCUT2D eigenvalue weighted by atomic mass is 16.5. The van der Waals surface area contributed by atoms with Crippen molar-refractivity contribution in [2.45, 2.75) is 13.0 Å². The van der Waals surface area contributed by atoms with Crippen molar-refractivity contribution in [2.75, 3.05) is 6.61 Å². The lowest BCUT2D eigenvalue weighted by molar-refractivity contribution is 0.237. The van der Waals surface area contributed by atoms with E-state index in [1.807, 2.05) is 6.92 Å². The molecule has 2 aromatic rings. The van der Waals surface area contributed by atoms with Gasteiger partial charge in [-0.15, -0.1) is 0 Å². The van der Waals surface area contributed by atoms with Gasteiger partial charge in [0.1, 0.15) is 6.04 Å². The van der Waals surface area contributed by atoms with Gasteiger partial charge in [-0.05, 0) is 18.6 Å². The molecule has 2 rings (SSSR count). The van der Waals surface area contributed by atoms with Gasteiger partial charge in [-0.25, -0.2) is 0 Å². The summed E-state index contributed by atoms with van der Waals surface area (Å²) in [5, 5.41) is 12.5. The molecule has 0 aliphatic heterocycles. The fourth-order valence-corrected chi connectivity index (χ4v) is 1.16. The van der Waals surface area contributed by atoms with Crippen LogP contribution in [0.4, 0.5) is 0 Å². The van der Waals surface area contributed by atoms with Gasteiger partial charge >= 0.3 is 0 Å². The molecule has 80 valence electrons. The van der Waals surface area contributed by atoms with E-state index < -0.39 is 6.04 Å². The minimum absolute atomic E-state index is 0.198. The maximum absolute atomic E-state index is 8.81. The van der Waals surface area contributed by atoms with Gasteiger partial charge in [-0.1, -0.05) is 5.16 Å². The minimum Gasteiger partial charge on any atom is -0.461 e. The highest BCUT2D eigenvalue weighted by Gasteiger charge is 2.17. The van der Waals surface area contributed by atoms with E-state index in [0.717, 1.165) is 5.56 Å². The Hall–Kier alpha value is -1.66. The molecule has 2 aromatic heterocycles. The van der Waals surface area contributed by atoms with Crippen LogP contribution < -0.4 is 5.73 Å². The van der Waals surface area contributed by atoms with Gasteiger partial charge in [0, 0.05) is 0 Å². The SMILES string of the molecule is Cc1ccoc1-c1noc([C@H](N)CO)n1. The second-order valence-corrected chi connectivity index (χ2v) is 3.18. The van der Waals surface area contributed by atoms with Gasteiger partial charge in [0.2, 0.25) is 11.7 Å². The summed E-state index contributed by atoms with van der Waals surface area (Å²) in [7, 11) is 0. The number of aryl methyl sites for hydroxylation is 1. The predicted molar refractivity (Wildman–Crippen MR) is 50.8 cm³/mol. The molecule has 0 aliphatic rings. The van der Waals surface area contributed by atoms with Crippen LogP contribution in [0.3, 0.4) is 0 Å². The summed E-state index contributed by atoms with van der Waals surface area (Å²) < 4.78 is 10.1. The number of aromatic nitrogens is 2. The fraction of sp³-hybridized carbons (Fsp3) is 0.333. The number of rotatable bonds is 3. The molecule has 0 unspecified atom stereocenters. The van der Waals surface area contributed by atoms with E-state index >= 15 is 0 Å². The van der Waals surface area contributed by atoms with E-state index in [4.69, 9.17) is 19.8 Å². The van der Waals surface area contributed by atoms with Crippen molar-refractivity contribution in [1.82, 2.24) is 10.1 Å². The number of nitrogens with two attached hydrogens (primary N) is 1. The predicted octanol–water partition coefficient (Wildman–Crippen LogP) is 0.630. The second-order valence-electron chi connectivity index (χ2n) is 3.18. The Morgan fingerprint density at radius 3 is 3.00 bits per heavy atom. The smallest absolute Gasteiger partial charge is 0.246 e. The van der Waals surface area contributed by atoms with Crippen molar-refractivity contribution in [2.24, 2.45) is 5.73 Å². The molecule has 2 heterocycles. The molecule has 6 heteroatoms. The van der Waals surface area contributed by atoms with Crippen molar-refractivity contribution in [3.8, 4) is 11.6 Å². The lowest BCUT2D eigenvalue weighted by atomic mass is 10.3. The third-order valence-electron chi connectivity index (χ3n) is 2.02. The Bertz CT molecular complexity index is 449. The third-order valence-corrected chi connectivity index (χ3v) is 2.02. The normalized spacial score (nSPS) is 13.0. The van der Waals surface area contributed by atoms with Crippen LogP contribution in [0.25, 0.3) is 11.6 Å². The summed E-state index contributed by atoms with van der Waals surface area (Å²) in [6.07, 6.45) is 1.55. The number of hydrogen-bond donors (Lipinski definition) is 2. The molecule has 0 spiro atoms. The van der Waals surface area contributed by atoms with Crippen LogP contribution in [0.5, 0.6) is 0 Å². The molecule has 0 saturated carbocycles. The van der Waals surface area contributed by atoms with Crippen LogP contribution in [0.15, 0.2) is 21.3 Å². The Labute approximate surface area is 85.7 Å². The summed E-state index contributed by atoms with van der Waals surface area (Å²) in [5.74, 6) is 1.09. The Morgan fingerprint density at radius 2 is 2.40 bits per heavy atom. The first kappa shape index (κ1) is 9.88. The Morgan fingerprint density at radius 1 is 1.60 bits per heavy atom. The molecule has 0 saturated heterocycles. The number of hydrogen-bond acceptors (Lipinski definition) is 6. The molecule has 0 bridgehead atoms. The van der Waals surface area contributed by atoms with E-state index in [9.17, 15) is 0 Å². The topological polar surface area (TPSA) is 98.3 Å². The highest BCUT2D eigenvalue weighted by Crippen LogP contribution is 2.22. The summed E-state index contributed by atoms with van der Waals surface area (Å²) in [6.45, 7) is 1.64. The van der Waals surface area contributed by atoms with Crippen LogP contribution >= 0.6 is 0 Å². The first-order valence-corrected chi connectivity index (χ1v) is 4.47. The van der Waals surface area contributed by atoms with Gasteiger partial charge < -0.3 is 19.8 Å². The van der Waals surface area contributed by atoms with Crippen molar-refractivity contribution < 1.29 is 14.0 Å². The quantitative estimate of drug-likeness (QED) is 0.769. The van der Waals surface area contributed by atoms with Crippen LogP contribution in [0.2, 0.25) is 0 Å². The van der Waals surface area contributed by atoms with Gasteiger partial charge in [0.15, 0.2) is 5.76 Å². The van der Waals surface area contributed by atoms with Gasteiger partial charge in [0.05, 0.1) is 12.9 Å². The molecule has 0 radical (unpaired) electrons. The van der Waals surface area contributed by atoms with E-state index in [0.29, 0.717) is 11.6 Å². The molecule has 0 aromatic carbocycles. The van der Waals surface area contributed by atoms with E-state index in [2.05, 4.69) is 10.1 Å². The maximum Gasteiger partial charge on any atom is 0.246 e. The largest absolute Gasteiger partial charge is 0.461 e. The second kappa shape index (κ2) is 3.84. The van der Waals surface area contributed by atoms with Crippen LogP contribution in [-0.4, -0.2) is 21.9 Å². The molecule has 0 fully saturated rings. The maximum atomic E-state index is 8.81. The Balaban J connectivity index is 2.32. The summed E-state index contributed by atoms with van der Waals surface area (Å²) in [4.78, 5) is 4.03.